The largest absolute Gasteiger partial charge is 0.486 e. The van der Waals surface area contributed by atoms with E-state index in [2.05, 4.69) is 6.58 Å². The molecule has 0 N–H and O–H groups in total. The second-order valence-electron chi connectivity index (χ2n) is 7.33. The highest BCUT2D eigenvalue weighted by molar-refractivity contribution is 5.33. The lowest BCUT2D eigenvalue weighted by Gasteiger charge is -2.29. The van der Waals surface area contributed by atoms with Crippen molar-refractivity contribution in [1.82, 2.24) is 0 Å². The highest BCUT2D eigenvalue weighted by Crippen LogP contribution is 2.37. The summed E-state index contributed by atoms with van der Waals surface area (Å²) >= 11 is 0. The molecule has 0 aromatic heterocycles. The van der Waals surface area contributed by atoms with Crippen molar-refractivity contribution in [1.29, 1.82) is 0 Å². The van der Waals surface area contributed by atoms with Crippen LogP contribution in [0.2, 0.25) is 0 Å². The van der Waals surface area contributed by atoms with Crippen LogP contribution in [0.4, 0.5) is 17.6 Å². The van der Waals surface area contributed by atoms with Gasteiger partial charge in [0.2, 0.25) is 5.82 Å². The van der Waals surface area contributed by atoms with Gasteiger partial charge in [0.15, 0.2) is 23.2 Å². The SMILES string of the molecule is C=CCOc1ccc(C2CCC(OCc3ccc(C)c(F)c3F)CC2)c(F)c1F. The molecule has 1 fully saturated rings. The minimum absolute atomic E-state index is 0.0172. The lowest BCUT2D eigenvalue weighted by molar-refractivity contribution is 0.0116. The zero-order valence-electron chi connectivity index (χ0n) is 16.3. The zero-order chi connectivity index (χ0) is 21.0. The highest BCUT2D eigenvalue weighted by atomic mass is 19.2. The molecule has 3 rings (SSSR count). The molecule has 0 atom stereocenters. The standard InChI is InChI=1S/C23H24F4O2/c1-3-12-28-19-11-10-18(22(26)23(19)27)15-6-8-17(9-7-15)29-13-16-5-4-14(2)20(24)21(16)25/h3-5,10-11,15,17H,1,6-9,12-13H2,2H3. The van der Waals surface area contributed by atoms with E-state index in [1.165, 1.54) is 31.2 Å². The Morgan fingerprint density at radius 3 is 2.34 bits per heavy atom. The summed E-state index contributed by atoms with van der Waals surface area (Å²) in [4.78, 5) is 0. The van der Waals surface area contributed by atoms with Crippen LogP contribution < -0.4 is 4.74 Å². The Morgan fingerprint density at radius 2 is 1.66 bits per heavy atom. The maximum absolute atomic E-state index is 14.5. The molecule has 0 amide bonds. The molecule has 0 spiro atoms. The van der Waals surface area contributed by atoms with Gasteiger partial charge >= 0.3 is 0 Å². The average Bonchev–Trinajstić information content (AvgIpc) is 2.73. The summed E-state index contributed by atoms with van der Waals surface area (Å²) in [6.45, 7) is 5.07. The fourth-order valence-corrected chi connectivity index (χ4v) is 3.67. The maximum atomic E-state index is 14.5. The van der Waals surface area contributed by atoms with Crippen molar-refractivity contribution >= 4 is 0 Å². The first-order valence-electron chi connectivity index (χ1n) is 9.69. The van der Waals surface area contributed by atoms with Crippen LogP contribution in [0.5, 0.6) is 5.75 Å². The number of aryl methyl sites for hydroxylation is 1. The monoisotopic (exact) mass is 408 g/mol. The molecular formula is C23H24F4O2. The van der Waals surface area contributed by atoms with E-state index in [1.54, 1.807) is 6.07 Å². The molecule has 29 heavy (non-hydrogen) atoms. The van der Waals surface area contributed by atoms with Crippen LogP contribution in [0, 0.1) is 30.2 Å². The molecule has 0 heterocycles. The molecule has 2 nitrogen and oxygen atoms in total. The third kappa shape index (κ3) is 4.81. The van der Waals surface area contributed by atoms with Gasteiger partial charge in [-0.2, -0.15) is 4.39 Å². The van der Waals surface area contributed by atoms with Gasteiger partial charge in [0.1, 0.15) is 6.61 Å². The maximum Gasteiger partial charge on any atom is 0.200 e. The molecule has 1 aliphatic rings. The summed E-state index contributed by atoms with van der Waals surface area (Å²) in [5.74, 6) is -3.85. The van der Waals surface area contributed by atoms with E-state index in [1.807, 2.05) is 0 Å². The van der Waals surface area contributed by atoms with Gasteiger partial charge in [0.05, 0.1) is 12.7 Å². The fraction of sp³-hybridized carbons (Fsp3) is 0.391. The lowest BCUT2D eigenvalue weighted by atomic mass is 9.82. The van der Waals surface area contributed by atoms with Crippen LogP contribution in [-0.2, 0) is 11.3 Å². The number of benzene rings is 2. The van der Waals surface area contributed by atoms with Gasteiger partial charge < -0.3 is 9.47 Å². The number of hydrogen-bond donors (Lipinski definition) is 0. The van der Waals surface area contributed by atoms with E-state index >= 15 is 0 Å². The van der Waals surface area contributed by atoms with E-state index in [0.717, 1.165) is 0 Å². The van der Waals surface area contributed by atoms with Crippen LogP contribution in [-0.4, -0.2) is 12.7 Å². The summed E-state index contributed by atoms with van der Waals surface area (Å²) in [5.41, 5.74) is 0.763. The topological polar surface area (TPSA) is 18.5 Å². The van der Waals surface area contributed by atoms with Crippen molar-refractivity contribution in [2.75, 3.05) is 6.61 Å². The molecule has 156 valence electrons. The molecule has 2 aromatic carbocycles. The first kappa shape index (κ1) is 21.4. The minimum Gasteiger partial charge on any atom is -0.486 e. The molecular weight excluding hydrogens is 384 g/mol. The lowest BCUT2D eigenvalue weighted by Crippen LogP contribution is -2.21. The van der Waals surface area contributed by atoms with Gasteiger partial charge in [-0.05, 0) is 55.7 Å². The third-order valence-electron chi connectivity index (χ3n) is 5.38. The van der Waals surface area contributed by atoms with E-state index in [4.69, 9.17) is 9.47 Å². The molecule has 0 radical (unpaired) electrons. The Hall–Kier alpha value is -2.34. The Kier molecular flexibility index (Phi) is 6.96. The van der Waals surface area contributed by atoms with Gasteiger partial charge in [-0.15, -0.1) is 0 Å². The van der Waals surface area contributed by atoms with Crippen molar-refractivity contribution in [3.63, 3.8) is 0 Å². The summed E-state index contributed by atoms with van der Waals surface area (Å²) in [6.07, 6.45) is 3.85. The van der Waals surface area contributed by atoms with E-state index < -0.39 is 23.3 Å². The highest BCUT2D eigenvalue weighted by Gasteiger charge is 2.27. The van der Waals surface area contributed by atoms with Crippen LogP contribution >= 0.6 is 0 Å². The quantitative estimate of drug-likeness (QED) is 0.392. The fourth-order valence-electron chi connectivity index (χ4n) is 3.67. The van der Waals surface area contributed by atoms with Gasteiger partial charge in [-0.1, -0.05) is 30.9 Å². The number of rotatable bonds is 7. The average molecular weight is 408 g/mol. The Morgan fingerprint density at radius 1 is 0.931 bits per heavy atom. The van der Waals surface area contributed by atoms with Gasteiger partial charge in [-0.25, -0.2) is 13.2 Å². The van der Waals surface area contributed by atoms with Crippen LogP contribution in [0.1, 0.15) is 48.3 Å². The van der Waals surface area contributed by atoms with Crippen molar-refractivity contribution in [3.8, 4) is 5.75 Å². The summed E-state index contributed by atoms with van der Waals surface area (Å²) in [6, 6.07) is 6.04. The first-order chi connectivity index (χ1) is 13.9. The number of hydrogen-bond acceptors (Lipinski definition) is 2. The van der Waals surface area contributed by atoms with Crippen LogP contribution in [0.3, 0.4) is 0 Å². The van der Waals surface area contributed by atoms with E-state index in [0.29, 0.717) is 31.2 Å². The Bertz CT molecular complexity index is 874. The third-order valence-corrected chi connectivity index (χ3v) is 5.38. The second kappa shape index (κ2) is 9.44. The van der Waals surface area contributed by atoms with Crippen molar-refractivity contribution in [3.05, 3.63) is 76.9 Å². The van der Waals surface area contributed by atoms with Crippen molar-refractivity contribution < 1.29 is 27.0 Å². The molecule has 2 aromatic rings. The molecule has 0 aliphatic heterocycles. The van der Waals surface area contributed by atoms with Gasteiger partial charge in [0.25, 0.3) is 0 Å². The van der Waals surface area contributed by atoms with Crippen molar-refractivity contribution in [2.24, 2.45) is 0 Å². The summed E-state index contributed by atoms with van der Waals surface area (Å²) < 4.78 is 67.1. The number of ether oxygens (including phenoxy) is 2. The summed E-state index contributed by atoms with van der Waals surface area (Å²) in [7, 11) is 0. The Labute approximate surface area is 168 Å². The summed E-state index contributed by atoms with van der Waals surface area (Å²) in [5, 5.41) is 0. The predicted molar refractivity (Wildman–Crippen MR) is 103 cm³/mol. The zero-order valence-corrected chi connectivity index (χ0v) is 16.3. The van der Waals surface area contributed by atoms with Gasteiger partial charge in [-0.3, -0.25) is 0 Å². The molecule has 1 aliphatic carbocycles. The van der Waals surface area contributed by atoms with Crippen molar-refractivity contribution in [2.45, 2.75) is 51.2 Å². The second-order valence-corrected chi connectivity index (χ2v) is 7.33. The first-order valence-corrected chi connectivity index (χ1v) is 9.69. The predicted octanol–water partition coefficient (Wildman–Crippen LogP) is 6.36. The minimum atomic E-state index is -0.986. The van der Waals surface area contributed by atoms with E-state index in [-0.39, 0.29) is 42.1 Å². The Balaban J connectivity index is 1.57. The molecule has 0 saturated heterocycles. The molecule has 6 heteroatoms. The van der Waals surface area contributed by atoms with Crippen LogP contribution in [0.15, 0.2) is 36.9 Å². The molecule has 1 saturated carbocycles. The van der Waals surface area contributed by atoms with E-state index in [9.17, 15) is 17.6 Å². The smallest absolute Gasteiger partial charge is 0.200 e. The molecule has 0 unspecified atom stereocenters. The molecule has 0 bridgehead atoms. The number of halogens is 4. The van der Waals surface area contributed by atoms with Crippen LogP contribution in [0.25, 0.3) is 0 Å². The van der Waals surface area contributed by atoms with Gasteiger partial charge in [0, 0.05) is 5.56 Å². The normalized spacial score (nSPS) is 19.2.